The van der Waals surface area contributed by atoms with E-state index in [0.717, 1.165) is 67.0 Å². The molecule has 0 atom stereocenters. The third kappa shape index (κ3) is 6.39. The Balaban J connectivity index is 1.07. The molecule has 10 aromatic carbocycles. The first-order chi connectivity index (χ1) is 33.2. The molecule has 0 fully saturated rings. The van der Waals surface area contributed by atoms with Crippen LogP contribution in [0.4, 0.5) is 0 Å². The van der Waals surface area contributed by atoms with Crippen LogP contribution in [0.5, 0.6) is 0 Å². The fourth-order valence-electron chi connectivity index (χ4n) is 10.7. The molecule has 0 radical (unpaired) electrons. The van der Waals surface area contributed by atoms with Gasteiger partial charge in [0.2, 0.25) is 17.7 Å². The minimum absolute atomic E-state index is 0.494. The van der Waals surface area contributed by atoms with Crippen LogP contribution >= 0.6 is 0 Å². The Kier molecular flexibility index (Phi) is 9.07. The van der Waals surface area contributed by atoms with Crippen LogP contribution in [-0.2, 0) is 5.41 Å². The molecule has 0 bridgehead atoms. The second kappa shape index (κ2) is 15.7. The molecule has 1 heterocycles. The third-order valence-electron chi connectivity index (χ3n) is 13.8. The van der Waals surface area contributed by atoms with Crippen LogP contribution in [0.25, 0.3) is 95.1 Å². The van der Waals surface area contributed by atoms with Gasteiger partial charge in [0.15, 0.2) is 0 Å². The predicted molar refractivity (Wildman–Crippen MR) is 272 cm³/mol. The Labute approximate surface area is 390 Å². The van der Waals surface area contributed by atoms with Gasteiger partial charge in [-0.3, -0.25) is 0 Å². The Bertz CT molecular complexity index is 3350. The fraction of sp³-hybridized carbons (Fsp3) is 0.0156. The van der Waals surface area contributed by atoms with Gasteiger partial charge in [0.25, 0.3) is 0 Å². The van der Waals surface area contributed by atoms with Gasteiger partial charge in [-0.05, 0) is 124 Å². The summed E-state index contributed by atoms with van der Waals surface area (Å²) in [6, 6.07) is 89.9. The molecule has 3 nitrogen and oxygen atoms in total. The highest BCUT2D eigenvalue weighted by molar-refractivity contribution is 5.96. The maximum atomic E-state index is 5.58. The number of aromatic nitrogens is 3. The van der Waals surface area contributed by atoms with E-state index in [1.807, 2.05) is 4.68 Å². The summed E-state index contributed by atoms with van der Waals surface area (Å²) in [7, 11) is 0. The molecule has 0 saturated heterocycles. The standard InChI is InChI=1S/C64H42N3/c1-5-19-43(20-6-1)48-35-49(44-21-7-2-8-22-44)38-52(37-48)62-42-67(53-39-50(45-23-9-3-10-24-45)36-51(40-53)46-25-11-4-12-26-46)66-63(65-62)47-33-34-57-56-29-15-18-32-60(56)64(61(57)41-47)58-30-16-13-27-54(58)55-28-14-17-31-59(55)64/h1-42H/q+1. The Hall–Kier alpha value is -8.79. The second-order valence-electron chi connectivity index (χ2n) is 17.6. The first-order valence-corrected chi connectivity index (χ1v) is 23.0. The van der Waals surface area contributed by atoms with Gasteiger partial charge in [0, 0.05) is 28.4 Å². The van der Waals surface area contributed by atoms with Crippen molar-refractivity contribution >= 4 is 0 Å². The Morgan fingerprint density at radius 3 is 1.10 bits per heavy atom. The van der Waals surface area contributed by atoms with Crippen molar-refractivity contribution in [2.75, 3.05) is 0 Å². The molecule has 11 aromatic rings. The number of hydrogen-bond donors (Lipinski definition) is 0. The average molecular weight is 853 g/mol. The number of nitrogens with zero attached hydrogens (tertiary/aromatic N) is 3. The monoisotopic (exact) mass is 852 g/mol. The Morgan fingerprint density at radius 1 is 0.284 bits per heavy atom. The maximum Gasteiger partial charge on any atom is 0.239 e. The quantitative estimate of drug-likeness (QED) is 0.150. The van der Waals surface area contributed by atoms with Crippen LogP contribution in [0.15, 0.2) is 255 Å². The summed E-state index contributed by atoms with van der Waals surface area (Å²) in [5.74, 6) is 0.642. The molecule has 2 aliphatic carbocycles. The highest BCUT2D eigenvalue weighted by Crippen LogP contribution is 2.63. The highest BCUT2D eigenvalue weighted by atomic mass is 15.3. The smallest absolute Gasteiger partial charge is 0.216 e. The number of hydrogen-bond acceptors (Lipinski definition) is 2. The lowest BCUT2D eigenvalue weighted by atomic mass is 9.70. The number of benzene rings is 10. The molecule has 13 rings (SSSR count). The van der Waals surface area contributed by atoms with Gasteiger partial charge in [0.1, 0.15) is 5.69 Å². The van der Waals surface area contributed by atoms with Crippen LogP contribution in [0.2, 0.25) is 0 Å². The minimum atomic E-state index is -0.494. The lowest BCUT2D eigenvalue weighted by Gasteiger charge is -2.30. The minimum Gasteiger partial charge on any atom is -0.216 e. The molecule has 312 valence electrons. The molecule has 1 spiro atoms. The maximum absolute atomic E-state index is 5.58. The first kappa shape index (κ1) is 38.6. The summed E-state index contributed by atoms with van der Waals surface area (Å²) in [6.07, 6.45) is 2.11. The van der Waals surface area contributed by atoms with Crippen LogP contribution in [0, 0.1) is 0 Å². The van der Waals surface area contributed by atoms with Gasteiger partial charge in [-0.15, -0.1) is 0 Å². The van der Waals surface area contributed by atoms with Gasteiger partial charge in [0.05, 0.1) is 5.41 Å². The van der Waals surface area contributed by atoms with Crippen molar-refractivity contribution in [3.8, 4) is 95.1 Å². The van der Waals surface area contributed by atoms with Gasteiger partial charge < -0.3 is 0 Å². The van der Waals surface area contributed by atoms with Crippen molar-refractivity contribution in [1.82, 2.24) is 10.1 Å². The van der Waals surface area contributed by atoms with Crippen LogP contribution < -0.4 is 4.68 Å². The zero-order valence-electron chi connectivity index (χ0n) is 36.6. The largest absolute Gasteiger partial charge is 0.239 e. The van der Waals surface area contributed by atoms with E-state index in [-0.39, 0.29) is 0 Å². The molecule has 0 amide bonds. The SMILES string of the molecule is c1ccc(-c2cc(-c3ccccc3)cc(-c3c[n+](-c4cc(-c5ccccc5)cc(-c5ccccc5)c4)nc(-c4ccc5c(c4)C4(c6ccccc6-c6ccccc64)c4ccccc4-5)n3)c2)cc1. The summed E-state index contributed by atoms with van der Waals surface area (Å²) in [6.45, 7) is 0. The van der Waals surface area contributed by atoms with Crippen molar-refractivity contribution in [2.24, 2.45) is 0 Å². The zero-order valence-corrected chi connectivity index (χ0v) is 36.6. The van der Waals surface area contributed by atoms with Crippen LogP contribution in [-0.4, -0.2) is 10.1 Å². The van der Waals surface area contributed by atoms with E-state index in [9.17, 15) is 0 Å². The summed E-state index contributed by atoms with van der Waals surface area (Å²) in [5, 5.41) is 5.51. The summed E-state index contributed by atoms with van der Waals surface area (Å²) < 4.78 is 2.05. The van der Waals surface area contributed by atoms with E-state index in [2.05, 4.69) is 255 Å². The highest BCUT2D eigenvalue weighted by Gasteiger charge is 2.51. The Morgan fingerprint density at radius 2 is 0.657 bits per heavy atom. The molecule has 3 heteroatoms. The topological polar surface area (TPSA) is 29.7 Å². The van der Waals surface area contributed by atoms with Crippen molar-refractivity contribution < 1.29 is 4.68 Å². The van der Waals surface area contributed by atoms with E-state index < -0.39 is 5.41 Å². The van der Waals surface area contributed by atoms with Crippen LogP contribution in [0.1, 0.15) is 22.3 Å². The van der Waals surface area contributed by atoms with E-state index in [4.69, 9.17) is 10.1 Å². The van der Waals surface area contributed by atoms with E-state index in [1.165, 1.54) is 44.5 Å². The molecule has 2 aliphatic rings. The van der Waals surface area contributed by atoms with E-state index in [0.29, 0.717) is 5.82 Å². The predicted octanol–water partition coefficient (Wildman–Crippen LogP) is 15.1. The molecule has 0 saturated carbocycles. The van der Waals surface area contributed by atoms with E-state index >= 15 is 0 Å². The third-order valence-corrected chi connectivity index (χ3v) is 13.8. The summed E-state index contributed by atoms with van der Waals surface area (Å²) in [4.78, 5) is 5.58. The molecule has 0 unspecified atom stereocenters. The summed E-state index contributed by atoms with van der Waals surface area (Å²) in [5.41, 5.74) is 22.5. The number of fused-ring (bicyclic) bond motifs is 10. The van der Waals surface area contributed by atoms with Gasteiger partial charge in [-0.2, -0.15) is 0 Å². The van der Waals surface area contributed by atoms with Crippen LogP contribution in [0.3, 0.4) is 0 Å². The molecule has 67 heavy (non-hydrogen) atoms. The molecule has 1 aromatic heterocycles. The molecular weight excluding hydrogens is 811 g/mol. The lowest BCUT2D eigenvalue weighted by Crippen LogP contribution is -2.36. The van der Waals surface area contributed by atoms with E-state index in [1.54, 1.807) is 0 Å². The second-order valence-corrected chi connectivity index (χ2v) is 17.6. The summed E-state index contributed by atoms with van der Waals surface area (Å²) >= 11 is 0. The van der Waals surface area contributed by atoms with Crippen molar-refractivity contribution in [3.05, 3.63) is 277 Å². The lowest BCUT2D eigenvalue weighted by molar-refractivity contribution is -0.658. The average Bonchev–Trinajstić information content (AvgIpc) is 3.88. The zero-order chi connectivity index (χ0) is 44.3. The molecule has 0 N–H and O–H groups in total. The van der Waals surface area contributed by atoms with Gasteiger partial charge in [-0.25, -0.2) is 4.98 Å². The molecule has 0 aliphatic heterocycles. The first-order valence-electron chi connectivity index (χ1n) is 23.0. The van der Waals surface area contributed by atoms with Gasteiger partial charge >= 0.3 is 0 Å². The fourth-order valence-corrected chi connectivity index (χ4v) is 10.7. The van der Waals surface area contributed by atoms with Gasteiger partial charge in [-0.1, -0.05) is 206 Å². The van der Waals surface area contributed by atoms with Crippen molar-refractivity contribution in [1.29, 1.82) is 0 Å². The van der Waals surface area contributed by atoms with Crippen molar-refractivity contribution in [3.63, 3.8) is 0 Å². The molecular formula is C64H42N3+. The normalized spacial score (nSPS) is 12.6. The van der Waals surface area contributed by atoms with Crippen molar-refractivity contribution in [2.45, 2.75) is 5.41 Å². The number of rotatable bonds is 7.